The molecule has 6 atom stereocenters. The van der Waals surface area contributed by atoms with Gasteiger partial charge in [-0.3, -0.25) is 33.6 Å². The molecule has 0 bridgehead atoms. The maximum absolute atomic E-state index is 13.9. The molecule has 0 radical (unpaired) electrons. The minimum absolute atomic E-state index is 0.0191. The number of amides is 5. The third-order valence-corrected chi connectivity index (χ3v) is 12.7. The Morgan fingerprint density at radius 2 is 1.22 bits per heavy atom. The van der Waals surface area contributed by atoms with Crippen LogP contribution in [0.2, 0.25) is 0 Å². The van der Waals surface area contributed by atoms with Gasteiger partial charge < -0.3 is 68.3 Å². The number of esters is 1. The van der Waals surface area contributed by atoms with Gasteiger partial charge in [0.1, 0.15) is 12.1 Å². The molecular weight excluding hydrogens is 998 g/mol. The van der Waals surface area contributed by atoms with Gasteiger partial charge in [0.25, 0.3) is 0 Å². The third-order valence-electron chi connectivity index (χ3n) is 12.7. The highest BCUT2D eigenvalue weighted by Gasteiger charge is 2.42. The summed E-state index contributed by atoms with van der Waals surface area (Å²) in [6.45, 7) is 9.19. The lowest BCUT2D eigenvalue weighted by Gasteiger charge is -2.39. The first kappa shape index (κ1) is 65.0. The number of carboxylic acid groups (broad SMARTS) is 1. The number of carboxylic acids is 1. The number of benzene rings is 1. The van der Waals surface area contributed by atoms with E-state index in [0.29, 0.717) is 25.8 Å². The Kier molecular flexibility index (Phi) is 29.0. The summed E-state index contributed by atoms with van der Waals surface area (Å²) in [7, 11) is 5.94. The molecule has 1 heterocycles. The smallest absolute Gasteiger partial charge is 0.322 e. The van der Waals surface area contributed by atoms with E-state index in [0.717, 1.165) is 0 Å². The average molecular weight is 1070 g/mol. The number of likely N-dealkylation sites (tertiary alicyclic amines) is 1. The Morgan fingerprint density at radius 3 is 1.70 bits per heavy atom. The highest BCUT2D eigenvalue weighted by atomic mass is 19.2. The van der Waals surface area contributed by atoms with E-state index in [1.807, 2.05) is 13.8 Å². The number of ether oxygens (including phenoxy) is 8. The number of nitrogens with zero attached hydrogens (tertiary/aromatic N) is 3. The van der Waals surface area contributed by atoms with Crippen molar-refractivity contribution in [2.45, 2.75) is 103 Å². The molecule has 1 fully saturated rings. The lowest BCUT2D eigenvalue weighted by atomic mass is 9.90. The van der Waals surface area contributed by atoms with Crippen molar-refractivity contribution in [3.63, 3.8) is 0 Å². The zero-order valence-corrected chi connectivity index (χ0v) is 43.7. The normalized spacial score (nSPS) is 15.7. The van der Waals surface area contributed by atoms with Gasteiger partial charge >= 0.3 is 11.9 Å². The van der Waals surface area contributed by atoms with Crippen LogP contribution in [0.3, 0.4) is 0 Å². The van der Waals surface area contributed by atoms with Crippen LogP contribution in [0.5, 0.6) is 5.75 Å². The largest absolute Gasteiger partial charge is 0.480 e. The van der Waals surface area contributed by atoms with Crippen molar-refractivity contribution in [2.75, 3.05) is 114 Å². The second kappa shape index (κ2) is 33.0. The van der Waals surface area contributed by atoms with Crippen molar-refractivity contribution < 1.29 is 98.5 Å². The molecule has 0 saturated carbocycles. The molecule has 422 valence electrons. The van der Waals surface area contributed by atoms with Crippen molar-refractivity contribution in [3.8, 4) is 5.75 Å². The van der Waals surface area contributed by atoms with Crippen LogP contribution in [0.4, 0.5) is 22.0 Å². The Hall–Kier alpha value is -5.12. The molecule has 1 aromatic carbocycles. The maximum Gasteiger partial charge on any atom is 0.322 e. The van der Waals surface area contributed by atoms with E-state index in [-0.39, 0.29) is 96.6 Å². The number of aliphatic carboxylic acids is 1. The van der Waals surface area contributed by atoms with E-state index in [9.17, 15) is 55.5 Å². The number of nitrogens with one attached hydrogen (secondary N) is 2. The molecule has 21 nitrogen and oxygen atoms in total. The summed E-state index contributed by atoms with van der Waals surface area (Å²) in [5.74, 6) is -18.6. The van der Waals surface area contributed by atoms with Gasteiger partial charge in [0.2, 0.25) is 64.4 Å². The van der Waals surface area contributed by atoms with E-state index in [1.165, 1.54) is 31.1 Å². The van der Waals surface area contributed by atoms with Crippen molar-refractivity contribution in [2.24, 2.45) is 11.8 Å². The van der Waals surface area contributed by atoms with Crippen LogP contribution in [0.1, 0.15) is 73.1 Å². The standard InChI is InChI=1S/C48H74F5N5O16/c1-10-29(2)43(32(67-8)26-34(60)58-15-11-12-31(58)44(68-9)30(3)46(65)54-28-36(62)63)56(6)35(61)27-55-47(66)48(4,5)57(7)33(59)13-16-69-18-20-71-22-24-73-25-23-72-21-19-70-17-14-37(64)74-45-41(52)39(50)38(49)40(51)42(45)53/h29-32,43-44H,10-28H2,1-9H3,(H,54,65)(H,55,66)(H,62,63). The predicted molar refractivity (Wildman–Crippen MR) is 252 cm³/mol. The van der Waals surface area contributed by atoms with Crippen LogP contribution in [0.25, 0.3) is 0 Å². The zero-order valence-electron chi connectivity index (χ0n) is 43.7. The van der Waals surface area contributed by atoms with Gasteiger partial charge in [-0.05, 0) is 32.6 Å². The average Bonchev–Trinajstić information content (AvgIpc) is 3.87. The predicted octanol–water partition coefficient (Wildman–Crippen LogP) is 2.63. The minimum atomic E-state index is -2.38. The first-order valence-electron chi connectivity index (χ1n) is 24.2. The summed E-state index contributed by atoms with van der Waals surface area (Å²) in [6.07, 6.45) is -0.265. The summed E-state index contributed by atoms with van der Waals surface area (Å²) in [5, 5.41) is 14.0. The van der Waals surface area contributed by atoms with E-state index in [2.05, 4.69) is 15.4 Å². The van der Waals surface area contributed by atoms with Crippen LogP contribution in [0, 0.1) is 40.9 Å². The quantitative estimate of drug-likeness (QED) is 0.0218. The first-order valence-corrected chi connectivity index (χ1v) is 24.2. The highest BCUT2D eigenvalue weighted by Crippen LogP contribution is 2.31. The summed E-state index contributed by atoms with van der Waals surface area (Å²) in [6, 6.07) is -1.04. The Bertz CT molecular complexity index is 1980. The van der Waals surface area contributed by atoms with Gasteiger partial charge in [0.05, 0.1) is 122 Å². The summed E-state index contributed by atoms with van der Waals surface area (Å²) in [4.78, 5) is 94.0. The molecule has 74 heavy (non-hydrogen) atoms. The highest BCUT2D eigenvalue weighted by molar-refractivity contribution is 5.93. The SMILES string of the molecule is CCC(C)C(C(CC(=O)N1CCCC1C(OC)C(C)C(=O)NCC(=O)O)OC)N(C)C(=O)CNC(=O)C(C)(C)N(C)C(=O)CCOCCOCCOCCOCCOCCC(=O)Oc1c(F)c(F)c(F)c(F)c1F. The molecule has 26 heteroatoms. The Balaban J connectivity index is 1.68. The molecule has 3 N–H and O–H groups in total. The number of carbonyl (C=O) groups is 7. The van der Waals surface area contributed by atoms with Crippen LogP contribution in [-0.2, 0) is 66.7 Å². The lowest BCUT2D eigenvalue weighted by molar-refractivity contribution is -0.147. The minimum Gasteiger partial charge on any atom is -0.480 e. The fourth-order valence-electron chi connectivity index (χ4n) is 7.91. The van der Waals surface area contributed by atoms with Gasteiger partial charge in [-0.2, -0.15) is 8.78 Å². The maximum atomic E-state index is 13.9. The fraction of sp³-hybridized carbons (Fsp3) is 0.729. The third kappa shape index (κ3) is 19.9. The zero-order chi connectivity index (χ0) is 55.7. The molecule has 2 rings (SSSR count). The molecule has 0 aliphatic carbocycles. The molecule has 1 aromatic rings. The van der Waals surface area contributed by atoms with E-state index < -0.39 is 120 Å². The number of carbonyl (C=O) groups excluding carboxylic acids is 6. The van der Waals surface area contributed by atoms with Crippen molar-refractivity contribution in [1.29, 1.82) is 0 Å². The van der Waals surface area contributed by atoms with E-state index in [4.69, 9.17) is 38.3 Å². The van der Waals surface area contributed by atoms with E-state index >= 15 is 0 Å². The number of rotatable bonds is 36. The Labute approximate surface area is 428 Å². The van der Waals surface area contributed by atoms with Gasteiger partial charge in [0, 0.05) is 34.9 Å². The molecule has 5 amide bonds. The molecule has 0 aromatic heterocycles. The van der Waals surface area contributed by atoms with Crippen LogP contribution < -0.4 is 15.4 Å². The molecule has 6 unspecified atom stereocenters. The number of hydrogen-bond acceptors (Lipinski definition) is 15. The molecule has 1 aliphatic rings. The molecule has 1 aliphatic heterocycles. The topological polar surface area (TPSA) is 247 Å². The lowest BCUT2D eigenvalue weighted by Crippen LogP contribution is -2.58. The van der Waals surface area contributed by atoms with Crippen LogP contribution in [-0.4, -0.2) is 205 Å². The van der Waals surface area contributed by atoms with Crippen LogP contribution >= 0.6 is 0 Å². The van der Waals surface area contributed by atoms with Crippen molar-refractivity contribution >= 4 is 41.5 Å². The Morgan fingerprint density at radius 1 is 0.716 bits per heavy atom. The van der Waals surface area contributed by atoms with Crippen molar-refractivity contribution in [1.82, 2.24) is 25.3 Å². The summed E-state index contributed by atoms with van der Waals surface area (Å²) < 4.78 is 110. The second-order valence-corrected chi connectivity index (χ2v) is 17.9. The van der Waals surface area contributed by atoms with Gasteiger partial charge in [-0.1, -0.05) is 27.2 Å². The second-order valence-electron chi connectivity index (χ2n) is 17.9. The van der Waals surface area contributed by atoms with Gasteiger partial charge in [0.15, 0.2) is 0 Å². The number of halogens is 5. The number of likely N-dealkylation sites (N-methyl/N-ethyl adjacent to an activating group) is 2. The van der Waals surface area contributed by atoms with Gasteiger partial charge in [-0.15, -0.1) is 0 Å². The van der Waals surface area contributed by atoms with Crippen molar-refractivity contribution in [3.05, 3.63) is 29.1 Å². The summed E-state index contributed by atoms with van der Waals surface area (Å²) in [5.41, 5.74) is -1.36. The fourth-order valence-corrected chi connectivity index (χ4v) is 7.91. The molecule has 1 saturated heterocycles. The van der Waals surface area contributed by atoms with E-state index in [1.54, 1.807) is 32.7 Å². The molecule has 0 spiro atoms. The molecular formula is C48H74F5N5O16. The monoisotopic (exact) mass is 1070 g/mol. The number of methoxy groups -OCH3 is 2. The summed E-state index contributed by atoms with van der Waals surface area (Å²) >= 11 is 0. The number of hydrogen-bond donors (Lipinski definition) is 3. The first-order chi connectivity index (χ1) is 35.0. The van der Waals surface area contributed by atoms with Crippen LogP contribution in [0.15, 0.2) is 0 Å². The van der Waals surface area contributed by atoms with Gasteiger partial charge in [-0.25, -0.2) is 13.2 Å².